The van der Waals surface area contributed by atoms with Crippen molar-refractivity contribution in [3.63, 3.8) is 0 Å². The van der Waals surface area contributed by atoms with Gasteiger partial charge in [-0.3, -0.25) is 4.79 Å². The molecule has 0 bridgehead atoms. The molecule has 3 atom stereocenters. The second-order valence-corrected chi connectivity index (χ2v) is 6.80. The highest BCUT2D eigenvalue weighted by Crippen LogP contribution is 2.44. The first-order valence-electron chi connectivity index (χ1n) is 8.35. The number of amides is 1. The Morgan fingerprint density at radius 3 is 2.68 bits per heavy atom. The molecule has 0 aromatic heterocycles. The van der Waals surface area contributed by atoms with Crippen LogP contribution < -0.4 is 10.6 Å². The largest absolute Gasteiger partial charge is 0.353 e. The molecule has 3 rings (SSSR count). The number of hydrogen-bond donors (Lipinski definition) is 2. The van der Waals surface area contributed by atoms with Gasteiger partial charge in [-0.15, -0.1) is 0 Å². The predicted molar refractivity (Wildman–Crippen MR) is 76.9 cm³/mol. The minimum atomic E-state index is 0.289. The number of hydrogen-bond acceptors (Lipinski definition) is 2. The highest BCUT2D eigenvalue weighted by atomic mass is 16.1. The maximum absolute atomic E-state index is 11.9. The van der Waals surface area contributed by atoms with Crippen molar-refractivity contribution in [1.29, 1.82) is 0 Å². The molecular formula is C16H28N2O. The van der Waals surface area contributed by atoms with Gasteiger partial charge in [0.25, 0.3) is 0 Å². The molecule has 1 saturated heterocycles. The van der Waals surface area contributed by atoms with Crippen LogP contribution in [0.2, 0.25) is 0 Å². The molecule has 3 heteroatoms. The fourth-order valence-electron chi connectivity index (χ4n) is 4.05. The first kappa shape index (κ1) is 13.4. The molecule has 0 spiro atoms. The van der Waals surface area contributed by atoms with Gasteiger partial charge in [-0.05, 0) is 44.1 Å². The van der Waals surface area contributed by atoms with Crippen LogP contribution >= 0.6 is 0 Å². The molecule has 1 aliphatic heterocycles. The normalized spacial score (nSPS) is 35.3. The second kappa shape index (κ2) is 6.25. The van der Waals surface area contributed by atoms with E-state index in [1.807, 2.05) is 0 Å². The molecule has 19 heavy (non-hydrogen) atoms. The standard InChI is InChI=1S/C16H28N2O/c19-16(9-8-13-7-4-10-17-13)18-15-11-14(15)12-5-2-1-3-6-12/h12-15,17H,1-11H2,(H,18,19)/t13-,14-,15-/m0/s1. The summed E-state index contributed by atoms with van der Waals surface area (Å²) in [7, 11) is 0. The van der Waals surface area contributed by atoms with E-state index >= 15 is 0 Å². The molecule has 3 nitrogen and oxygen atoms in total. The van der Waals surface area contributed by atoms with Crippen LogP contribution in [0.4, 0.5) is 0 Å². The molecule has 0 unspecified atom stereocenters. The van der Waals surface area contributed by atoms with Crippen molar-refractivity contribution < 1.29 is 4.79 Å². The van der Waals surface area contributed by atoms with Crippen LogP contribution in [0.5, 0.6) is 0 Å². The minimum absolute atomic E-state index is 0.289. The van der Waals surface area contributed by atoms with E-state index in [0.717, 1.165) is 24.8 Å². The molecule has 0 radical (unpaired) electrons. The molecule has 0 aromatic carbocycles. The molecule has 2 aliphatic carbocycles. The maximum atomic E-state index is 11.9. The van der Waals surface area contributed by atoms with E-state index in [4.69, 9.17) is 0 Å². The number of rotatable bonds is 5. The second-order valence-electron chi connectivity index (χ2n) is 6.80. The lowest BCUT2D eigenvalue weighted by atomic mass is 9.85. The molecule has 2 saturated carbocycles. The van der Waals surface area contributed by atoms with Gasteiger partial charge in [0.05, 0.1) is 0 Å². The van der Waals surface area contributed by atoms with Crippen molar-refractivity contribution in [3.05, 3.63) is 0 Å². The van der Waals surface area contributed by atoms with E-state index in [9.17, 15) is 4.79 Å². The van der Waals surface area contributed by atoms with E-state index in [1.54, 1.807) is 0 Å². The van der Waals surface area contributed by atoms with Crippen LogP contribution in [-0.4, -0.2) is 24.5 Å². The van der Waals surface area contributed by atoms with Crippen LogP contribution in [0, 0.1) is 11.8 Å². The molecule has 3 fully saturated rings. The van der Waals surface area contributed by atoms with Crippen molar-refractivity contribution in [2.75, 3.05) is 6.54 Å². The van der Waals surface area contributed by atoms with Gasteiger partial charge in [0.1, 0.15) is 0 Å². The van der Waals surface area contributed by atoms with Gasteiger partial charge in [0.2, 0.25) is 5.91 Å². The predicted octanol–water partition coefficient (Wildman–Crippen LogP) is 2.60. The average molecular weight is 264 g/mol. The monoisotopic (exact) mass is 264 g/mol. The Labute approximate surface area is 116 Å². The summed E-state index contributed by atoms with van der Waals surface area (Å²) in [6.45, 7) is 1.14. The summed E-state index contributed by atoms with van der Waals surface area (Å²) in [5, 5.41) is 6.72. The zero-order valence-corrected chi connectivity index (χ0v) is 12.0. The number of carbonyl (C=O) groups excluding carboxylic acids is 1. The third-order valence-electron chi connectivity index (χ3n) is 5.32. The zero-order valence-electron chi connectivity index (χ0n) is 12.0. The lowest BCUT2D eigenvalue weighted by Gasteiger charge is -2.21. The van der Waals surface area contributed by atoms with Crippen molar-refractivity contribution in [2.45, 2.75) is 76.3 Å². The summed E-state index contributed by atoms with van der Waals surface area (Å²) in [4.78, 5) is 11.9. The van der Waals surface area contributed by atoms with E-state index in [1.165, 1.54) is 51.4 Å². The summed E-state index contributed by atoms with van der Waals surface area (Å²) >= 11 is 0. The Morgan fingerprint density at radius 1 is 1.11 bits per heavy atom. The van der Waals surface area contributed by atoms with Crippen LogP contribution in [0.15, 0.2) is 0 Å². The van der Waals surface area contributed by atoms with E-state index in [0.29, 0.717) is 18.5 Å². The third kappa shape index (κ3) is 3.71. The van der Waals surface area contributed by atoms with Crippen molar-refractivity contribution in [1.82, 2.24) is 10.6 Å². The summed E-state index contributed by atoms with van der Waals surface area (Å²) < 4.78 is 0. The lowest BCUT2D eigenvalue weighted by molar-refractivity contribution is -0.121. The smallest absolute Gasteiger partial charge is 0.220 e. The van der Waals surface area contributed by atoms with Gasteiger partial charge in [-0.2, -0.15) is 0 Å². The number of carbonyl (C=O) groups is 1. The molecule has 108 valence electrons. The molecule has 1 amide bonds. The number of nitrogens with one attached hydrogen (secondary N) is 2. The van der Waals surface area contributed by atoms with Gasteiger partial charge < -0.3 is 10.6 Å². The zero-order chi connectivity index (χ0) is 13.1. The first-order valence-corrected chi connectivity index (χ1v) is 8.35. The molecular weight excluding hydrogens is 236 g/mol. The third-order valence-corrected chi connectivity index (χ3v) is 5.32. The molecule has 0 aromatic rings. The van der Waals surface area contributed by atoms with Gasteiger partial charge in [0, 0.05) is 18.5 Å². The SMILES string of the molecule is O=C(CC[C@@H]1CCCN1)N[C@H]1C[C@H]1C1CCCCC1. The summed E-state index contributed by atoms with van der Waals surface area (Å²) in [5.41, 5.74) is 0. The quantitative estimate of drug-likeness (QED) is 0.801. The average Bonchev–Trinajstić information content (AvgIpc) is 3.00. The summed E-state index contributed by atoms with van der Waals surface area (Å²) in [5.74, 6) is 2.02. The Kier molecular flexibility index (Phi) is 4.42. The van der Waals surface area contributed by atoms with Gasteiger partial charge in [-0.25, -0.2) is 0 Å². The fraction of sp³-hybridized carbons (Fsp3) is 0.938. The first-order chi connectivity index (χ1) is 9.33. The highest BCUT2D eigenvalue weighted by molar-refractivity contribution is 5.76. The lowest BCUT2D eigenvalue weighted by Crippen LogP contribution is -2.30. The summed E-state index contributed by atoms with van der Waals surface area (Å²) in [6.07, 6.45) is 12.6. The molecule has 3 aliphatic rings. The van der Waals surface area contributed by atoms with E-state index < -0.39 is 0 Å². The van der Waals surface area contributed by atoms with Gasteiger partial charge in [-0.1, -0.05) is 32.1 Å². The van der Waals surface area contributed by atoms with E-state index in [-0.39, 0.29) is 5.91 Å². The highest BCUT2D eigenvalue weighted by Gasteiger charge is 2.43. The minimum Gasteiger partial charge on any atom is -0.353 e. The topological polar surface area (TPSA) is 41.1 Å². The molecule has 1 heterocycles. The Morgan fingerprint density at radius 2 is 1.95 bits per heavy atom. The Hall–Kier alpha value is -0.570. The van der Waals surface area contributed by atoms with Crippen LogP contribution in [0.25, 0.3) is 0 Å². The Bertz CT molecular complexity index is 306. The molecule has 2 N–H and O–H groups in total. The van der Waals surface area contributed by atoms with Crippen molar-refractivity contribution in [2.24, 2.45) is 11.8 Å². The van der Waals surface area contributed by atoms with Crippen LogP contribution in [0.3, 0.4) is 0 Å². The van der Waals surface area contributed by atoms with Gasteiger partial charge in [0.15, 0.2) is 0 Å². The van der Waals surface area contributed by atoms with E-state index in [2.05, 4.69) is 10.6 Å². The maximum Gasteiger partial charge on any atom is 0.220 e. The van der Waals surface area contributed by atoms with Crippen LogP contribution in [-0.2, 0) is 4.79 Å². The van der Waals surface area contributed by atoms with Crippen molar-refractivity contribution >= 4 is 5.91 Å². The van der Waals surface area contributed by atoms with Crippen LogP contribution in [0.1, 0.15) is 64.2 Å². The van der Waals surface area contributed by atoms with Gasteiger partial charge >= 0.3 is 0 Å². The van der Waals surface area contributed by atoms with Crippen molar-refractivity contribution in [3.8, 4) is 0 Å². The summed E-state index contributed by atoms with van der Waals surface area (Å²) in [6, 6.07) is 1.12. The fourth-order valence-corrected chi connectivity index (χ4v) is 4.05. The Balaban J connectivity index is 1.32.